The molecule has 22 heavy (non-hydrogen) atoms. The van der Waals surface area contributed by atoms with Crippen LogP contribution in [-0.4, -0.2) is 40.9 Å². The summed E-state index contributed by atoms with van der Waals surface area (Å²) in [5, 5.41) is 9.03. The Bertz CT molecular complexity index is 342. The van der Waals surface area contributed by atoms with E-state index in [1.807, 2.05) is 0 Å². The summed E-state index contributed by atoms with van der Waals surface area (Å²) in [6.07, 6.45) is 12.7. The summed E-state index contributed by atoms with van der Waals surface area (Å²) < 4.78 is 0. The van der Waals surface area contributed by atoms with E-state index in [1.54, 1.807) is 0 Å². The van der Waals surface area contributed by atoms with Gasteiger partial charge in [-0.05, 0) is 12.8 Å². The van der Waals surface area contributed by atoms with Crippen LogP contribution in [0.2, 0.25) is 0 Å². The van der Waals surface area contributed by atoms with Crippen molar-refractivity contribution in [3.63, 3.8) is 0 Å². The standard InChI is InChI=1S/C18H34N2O2/c1-3-5-6-7-8-9-10-11-12-17-19-13-14-20(17)16(4-2)15-18(21)22/h16H,3-15H2,1-2H3,(H,21,22). The van der Waals surface area contributed by atoms with Crippen LogP contribution in [0.3, 0.4) is 0 Å². The van der Waals surface area contributed by atoms with Crippen molar-refractivity contribution in [2.45, 2.75) is 90.5 Å². The summed E-state index contributed by atoms with van der Waals surface area (Å²) in [7, 11) is 0. The van der Waals surface area contributed by atoms with Crippen molar-refractivity contribution in [2.24, 2.45) is 4.99 Å². The van der Waals surface area contributed by atoms with E-state index in [4.69, 9.17) is 5.11 Å². The first-order valence-electron chi connectivity index (χ1n) is 9.20. The highest BCUT2D eigenvalue weighted by atomic mass is 16.4. The molecule has 0 saturated heterocycles. The van der Waals surface area contributed by atoms with E-state index < -0.39 is 5.97 Å². The lowest BCUT2D eigenvalue weighted by atomic mass is 10.1. The largest absolute Gasteiger partial charge is 0.481 e. The number of rotatable bonds is 13. The van der Waals surface area contributed by atoms with Gasteiger partial charge in [0.15, 0.2) is 0 Å². The number of unbranched alkanes of at least 4 members (excludes halogenated alkanes) is 7. The van der Waals surface area contributed by atoms with Crippen molar-refractivity contribution in [1.82, 2.24) is 4.90 Å². The number of hydrogen-bond acceptors (Lipinski definition) is 3. The van der Waals surface area contributed by atoms with Gasteiger partial charge in [0.2, 0.25) is 0 Å². The fourth-order valence-corrected chi connectivity index (χ4v) is 3.22. The fraction of sp³-hybridized carbons (Fsp3) is 0.889. The maximum atomic E-state index is 11.0. The molecule has 4 nitrogen and oxygen atoms in total. The van der Waals surface area contributed by atoms with Crippen molar-refractivity contribution in [2.75, 3.05) is 13.1 Å². The molecule has 0 bridgehead atoms. The van der Waals surface area contributed by atoms with Crippen molar-refractivity contribution in [1.29, 1.82) is 0 Å². The normalized spacial score (nSPS) is 15.9. The predicted octanol–water partition coefficient (Wildman–Crippen LogP) is 4.48. The fourth-order valence-electron chi connectivity index (χ4n) is 3.22. The second kappa shape index (κ2) is 11.5. The van der Waals surface area contributed by atoms with Crippen LogP contribution in [0.4, 0.5) is 0 Å². The minimum Gasteiger partial charge on any atom is -0.481 e. The van der Waals surface area contributed by atoms with Crippen molar-refractivity contribution in [3.05, 3.63) is 0 Å². The van der Waals surface area contributed by atoms with Gasteiger partial charge in [-0.25, -0.2) is 0 Å². The quantitative estimate of drug-likeness (QED) is 0.510. The molecule has 1 heterocycles. The van der Waals surface area contributed by atoms with Crippen LogP contribution in [0, 0.1) is 0 Å². The summed E-state index contributed by atoms with van der Waals surface area (Å²) in [4.78, 5) is 17.8. The molecule has 1 aliphatic rings. The Labute approximate surface area is 136 Å². The molecule has 1 atom stereocenters. The lowest BCUT2D eigenvalue weighted by Gasteiger charge is -2.29. The van der Waals surface area contributed by atoms with E-state index in [0.717, 1.165) is 31.8 Å². The first-order valence-corrected chi connectivity index (χ1v) is 9.20. The number of carboxylic acids is 1. The molecule has 1 N–H and O–H groups in total. The van der Waals surface area contributed by atoms with Crippen LogP contribution in [0.5, 0.6) is 0 Å². The molecule has 4 heteroatoms. The lowest BCUT2D eigenvalue weighted by molar-refractivity contribution is -0.138. The molecular weight excluding hydrogens is 276 g/mol. The highest BCUT2D eigenvalue weighted by molar-refractivity contribution is 5.84. The number of carbonyl (C=O) groups is 1. The molecule has 1 aliphatic heterocycles. The predicted molar refractivity (Wildman–Crippen MR) is 92.6 cm³/mol. The van der Waals surface area contributed by atoms with Gasteiger partial charge in [0, 0.05) is 19.0 Å². The molecule has 1 rings (SSSR count). The van der Waals surface area contributed by atoms with E-state index >= 15 is 0 Å². The van der Waals surface area contributed by atoms with E-state index in [9.17, 15) is 4.79 Å². The average molecular weight is 310 g/mol. The SMILES string of the molecule is CCCCCCCCCCC1=NCCN1C(CC)CC(=O)O. The maximum absolute atomic E-state index is 11.0. The topological polar surface area (TPSA) is 52.9 Å². The summed E-state index contributed by atoms with van der Waals surface area (Å²) in [5.41, 5.74) is 0. The van der Waals surface area contributed by atoms with E-state index in [2.05, 4.69) is 23.7 Å². The lowest BCUT2D eigenvalue weighted by Crippen LogP contribution is -2.39. The second-order valence-electron chi connectivity index (χ2n) is 6.38. The Morgan fingerprint density at radius 3 is 2.36 bits per heavy atom. The van der Waals surface area contributed by atoms with Crippen LogP contribution >= 0.6 is 0 Å². The molecule has 0 aromatic heterocycles. The first kappa shape index (κ1) is 19.0. The summed E-state index contributed by atoms with van der Waals surface area (Å²) in [6, 6.07) is 0.118. The van der Waals surface area contributed by atoms with E-state index in [1.165, 1.54) is 51.4 Å². The first-order chi connectivity index (χ1) is 10.7. The molecule has 0 radical (unpaired) electrons. The highest BCUT2D eigenvalue weighted by Crippen LogP contribution is 2.18. The second-order valence-corrected chi connectivity index (χ2v) is 6.38. The Hall–Kier alpha value is -1.06. The maximum Gasteiger partial charge on any atom is 0.305 e. The zero-order valence-corrected chi connectivity index (χ0v) is 14.5. The van der Waals surface area contributed by atoms with Crippen molar-refractivity contribution < 1.29 is 9.90 Å². The number of aliphatic imine (C=N–C) groups is 1. The van der Waals surface area contributed by atoms with Gasteiger partial charge in [0.1, 0.15) is 0 Å². The minimum atomic E-state index is -0.704. The van der Waals surface area contributed by atoms with Gasteiger partial charge < -0.3 is 10.0 Å². The number of amidine groups is 1. The zero-order valence-electron chi connectivity index (χ0n) is 14.5. The van der Waals surface area contributed by atoms with Crippen LogP contribution < -0.4 is 0 Å². The number of carboxylic acid groups (broad SMARTS) is 1. The van der Waals surface area contributed by atoms with E-state index in [0.29, 0.717) is 0 Å². The van der Waals surface area contributed by atoms with Crippen LogP contribution in [0.15, 0.2) is 4.99 Å². The van der Waals surface area contributed by atoms with Gasteiger partial charge in [0.05, 0.1) is 18.8 Å². The molecule has 0 spiro atoms. The van der Waals surface area contributed by atoms with Gasteiger partial charge in [0.25, 0.3) is 0 Å². The van der Waals surface area contributed by atoms with Gasteiger partial charge in [-0.2, -0.15) is 0 Å². The zero-order chi connectivity index (χ0) is 16.2. The molecule has 0 aromatic rings. The molecular formula is C18H34N2O2. The monoisotopic (exact) mass is 310 g/mol. The van der Waals surface area contributed by atoms with Gasteiger partial charge in [-0.15, -0.1) is 0 Å². The molecule has 0 aliphatic carbocycles. The third-order valence-electron chi connectivity index (χ3n) is 4.54. The Morgan fingerprint density at radius 2 is 1.77 bits per heavy atom. The molecule has 0 aromatic carbocycles. The van der Waals surface area contributed by atoms with Crippen molar-refractivity contribution >= 4 is 11.8 Å². The molecule has 1 unspecified atom stereocenters. The molecule has 0 fully saturated rings. The molecule has 0 saturated carbocycles. The third kappa shape index (κ3) is 7.28. The Morgan fingerprint density at radius 1 is 1.14 bits per heavy atom. The molecule has 128 valence electrons. The van der Waals surface area contributed by atoms with Gasteiger partial charge in [-0.1, -0.05) is 58.8 Å². The number of hydrogen-bond donors (Lipinski definition) is 1. The van der Waals surface area contributed by atoms with Gasteiger partial charge >= 0.3 is 5.97 Å². The Balaban J connectivity index is 2.19. The van der Waals surface area contributed by atoms with Gasteiger partial charge in [-0.3, -0.25) is 9.79 Å². The summed E-state index contributed by atoms with van der Waals surface area (Å²) in [5.74, 6) is 0.448. The summed E-state index contributed by atoms with van der Waals surface area (Å²) in [6.45, 7) is 6.06. The van der Waals surface area contributed by atoms with Crippen LogP contribution in [-0.2, 0) is 4.79 Å². The van der Waals surface area contributed by atoms with E-state index in [-0.39, 0.29) is 12.5 Å². The van der Waals surface area contributed by atoms with Crippen LogP contribution in [0.25, 0.3) is 0 Å². The molecule has 0 amide bonds. The number of nitrogens with zero attached hydrogens (tertiary/aromatic N) is 2. The number of aliphatic carboxylic acids is 1. The highest BCUT2D eigenvalue weighted by Gasteiger charge is 2.25. The summed E-state index contributed by atoms with van der Waals surface area (Å²) >= 11 is 0. The minimum absolute atomic E-state index is 0.118. The third-order valence-corrected chi connectivity index (χ3v) is 4.54. The van der Waals surface area contributed by atoms with Crippen molar-refractivity contribution in [3.8, 4) is 0 Å². The van der Waals surface area contributed by atoms with Crippen LogP contribution in [0.1, 0.15) is 84.5 Å². The average Bonchev–Trinajstić information content (AvgIpc) is 2.95. The smallest absolute Gasteiger partial charge is 0.305 e. The Kier molecular flexibility index (Phi) is 9.93.